The topological polar surface area (TPSA) is 63.5 Å². The highest BCUT2D eigenvalue weighted by Crippen LogP contribution is 2.19. The van der Waals surface area contributed by atoms with Gasteiger partial charge in [-0.25, -0.2) is 4.39 Å². The summed E-state index contributed by atoms with van der Waals surface area (Å²) in [5.74, 6) is 1.00. The van der Waals surface area contributed by atoms with E-state index in [4.69, 9.17) is 4.74 Å². The van der Waals surface area contributed by atoms with E-state index in [2.05, 4.69) is 15.1 Å². The van der Waals surface area contributed by atoms with E-state index < -0.39 is 11.9 Å². The standard InChI is InChI=1S/C21H22FN5O2/c1-16(29-18-7-3-2-6-17(18)22)21(28)27-14-12-26(13-15-27)20-9-8-19(23-24-20)25-10-4-5-11-25/h2-11,16H,12-15H2,1H3. The van der Waals surface area contributed by atoms with Gasteiger partial charge < -0.3 is 19.1 Å². The molecule has 1 amide bonds. The van der Waals surface area contributed by atoms with E-state index in [9.17, 15) is 9.18 Å². The van der Waals surface area contributed by atoms with E-state index in [1.807, 2.05) is 41.2 Å². The van der Waals surface area contributed by atoms with E-state index in [1.165, 1.54) is 12.1 Å². The summed E-state index contributed by atoms with van der Waals surface area (Å²) in [5, 5.41) is 8.58. The van der Waals surface area contributed by atoms with Crippen LogP contribution in [0.4, 0.5) is 10.2 Å². The number of halogens is 1. The van der Waals surface area contributed by atoms with E-state index in [0.717, 1.165) is 11.6 Å². The maximum absolute atomic E-state index is 13.7. The van der Waals surface area contributed by atoms with Gasteiger partial charge in [-0.1, -0.05) is 12.1 Å². The van der Waals surface area contributed by atoms with Gasteiger partial charge in [0.25, 0.3) is 5.91 Å². The second-order valence-electron chi connectivity index (χ2n) is 6.84. The Labute approximate surface area is 168 Å². The van der Waals surface area contributed by atoms with Crippen LogP contribution in [0.5, 0.6) is 5.75 Å². The third-order valence-corrected chi connectivity index (χ3v) is 4.91. The molecule has 0 N–H and O–H groups in total. The summed E-state index contributed by atoms with van der Waals surface area (Å²) in [5.41, 5.74) is 0. The van der Waals surface area contributed by atoms with Crippen molar-refractivity contribution < 1.29 is 13.9 Å². The fraction of sp³-hybridized carbons (Fsp3) is 0.286. The van der Waals surface area contributed by atoms with Crippen molar-refractivity contribution in [3.63, 3.8) is 0 Å². The van der Waals surface area contributed by atoms with Crippen molar-refractivity contribution in [2.45, 2.75) is 13.0 Å². The molecule has 1 atom stereocenters. The van der Waals surface area contributed by atoms with Gasteiger partial charge >= 0.3 is 0 Å². The van der Waals surface area contributed by atoms with E-state index in [0.29, 0.717) is 26.2 Å². The zero-order valence-corrected chi connectivity index (χ0v) is 16.1. The number of carbonyl (C=O) groups is 1. The molecule has 1 unspecified atom stereocenters. The van der Waals surface area contributed by atoms with Crippen LogP contribution in [0, 0.1) is 5.82 Å². The smallest absolute Gasteiger partial charge is 0.263 e. The average molecular weight is 395 g/mol. The molecular formula is C21H22FN5O2. The van der Waals surface area contributed by atoms with Crippen molar-refractivity contribution in [2.75, 3.05) is 31.1 Å². The molecule has 150 valence electrons. The molecule has 0 spiro atoms. The molecule has 2 aromatic heterocycles. The fourth-order valence-corrected chi connectivity index (χ4v) is 3.31. The van der Waals surface area contributed by atoms with Crippen molar-refractivity contribution in [3.8, 4) is 11.6 Å². The zero-order chi connectivity index (χ0) is 20.2. The molecule has 1 aromatic carbocycles. The summed E-state index contributed by atoms with van der Waals surface area (Å²) in [7, 11) is 0. The SMILES string of the molecule is CC(Oc1ccccc1F)C(=O)N1CCN(c2ccc(-n3cccc3)nn2)CC1. The Bertz CT molecular complexity index is 953. The lowest BCUT2D eigenvalue weighted by atomic mass is 10.2. The highest BCUT2D eigenvalue weighted by molar-refractivity contribution is 5.81. The summed E-state index contributed by atoms with van der Waals surface area (Å²) >= 11 is 0. The fourth-order valence-electron chi connectivity index (χ4n) is 3.31. The number of piperazine rings is 1. The summed E-state index contributed by atoms with van der Waals surface area (Å²) in [6.45, 7) is 4.04. The van der Waals surface area contributed by atoms with Crippen molar-refractivity contribution in [3.05, 3.63) is 66.7 Å². The molecule has 0 radical (unpaired) electrons. The van der Waals surface area contributed by atoms with Gasteiger partial charge in [0.1, 0.15) is 0 Å². The number of anilines is 1. The summed E-state index contributed by atoms with van der Waals surface area (Å²) < 4.78 is 21.2. The Kier molecular flexibility index (Phi) is 5.41. The molecule has 0 bridgehead atoms. The van der Waals surface area contributed by atoms with Gasteiger partial charge in [-0.2, -0.15) is 0 Å². The number of nitrogens with zero attached hydrogens (tertiary/aromatic N) is 5. The molecule has 29 heavy (non-hydrogen) atoms. The number of rotatable bonds is 5. The van der Waals surface area contributed by atoms with Crippen LogP contribution in [-0.4, -0.2) is 57.9 Å². The molecule has 1 fully saturated rings. The molecule has 1 aliphatic rings. The van der Waals surface area contributed by atoms with Crippen molar-refractivity contribution in [1.82, 2.24) is 19.7 Å². The third kappa shape index (κ3) is 4.21. The summed E-state index contributed by atoms with van der Waals surface area (Å²) in [4.78, 5) is 16.5. The maximum atomic E-state index is 13.7. The summed E-state index contributed by atoms with van der Waals surface area (Å²) in [6, 6.07) is 13.8. The van der Waals surface area contributed by atoms with Gasteiger partial charge in [-0.3, -0.25) is 4.79 Å². The molecule has 1 saturated heterocycles. The van der Waals surface area contributed by atoms with Crippen LogP contribution in [0.25, 0.3) is 5.82 Å². The van der Waals surface area contributed by atoms with E-state index in [-0.39, 0.29) is 11.7 Å². The molecule has 4 rings (SSSR count). The van der Waals surface area contributed by atoms with Crippen LogP contribution in [-0.2, 0) is 4.79 Å². The highest BCUT2D eigenvalue weighted by atomic mass is 19.1. The Morgan fingerprint density at radius 3 is 2.28 bits per heavy atom. The first-order valence-corrected chi connectivity index (χ1v) is 9.54. The summed E-state index contributed by atoms with van der Waals surface area (Å²) in [6.07, 6.45) is 3.08. The normalized spacial score (nSPS) is 15.2. The predicted octanol–water partition coefficient (Wildman–Crippen LogP) is 2.52. The Morgan fingerprint density at radius 1 is 0.966 bits per heavy atom. The Morgan fingerprint density at radius 2 is 1.62 bits per heavy atom. The van der Waals surface area contributed by atoms with Crippen molar-refractivity contribution in [2.24, 2.45) is 0 Å². The van der Waals surface area contributed by atoms with E-state index >= 15 is 0 Å². The predicted molar refractivity (Wildman–Crippen MR) is 107 cm³/mol. The lowest BCUT2D eigenvalue weighted by Crippen LogP contribution is -2.52. The van der Waals surface area contributed by atoms with Crippen LogP contribution in [0.2, 0.25) is 0 Å². The first kappa shape index (κ1) is 18.9. The number of hydrogen-bond donors (Lipinski definition) is 0. The molecular weight excluding hydrogens is 373 g/mol. The monoisotopic (exact) mass is 395 g/mol. The number of aromatic nitrogens is 3. The molecule has 3 heterocycles. The van der Waals surface area contributed by atoms with Crippen LogP contribution in [0.15, 0.2) is 60.9 Å². The van der Waals surface area contributed by atoms with Crippen molar-refractivity contribution >= 4 is 11.7 Å². The van der Waals surface area contributed by atoms with Gasteiger partial charge in [-0.15, -0.1) is 10.2 Å². The molecule has 8 heteroatoms. The number of benzene rings is 1. The first-order chi connectivity index (χ1) is 14.1. The average Bonchev–Trinajstić information content (AvgIpc) is 3.30. The second-order valence-corrected chi connectivity index (χ2v) is 6.84. The number of carbonyl (C=O) groups excluding carboxylic acids is 1. The second kappa shape index (κ2) is 8.30. The van der Waals surface area contributed by atoms with Crippen molar-refractivity contribution in [1.29, 1.82) is 0 Å². The minimum Gasteiger partial charge on any atom is -0.478 e. The van der Waals surface area contributed by atoms with Crippen LogP contribution >= 0.6 is 0 Å². The number of ether oxygens (including phenoxy) is 1. The molecule has 1 aliphatic heterocycles. The molecule has 0 aliphatic carbocycles. The quantitative estimate of drug-likeness (QED) is 0.664. The number of amides is 1. The molecule has 7 nitrogen and oxygen atoms in total. The molecule has 0 saturated carbocycles. The maximum Gasteiger partial charge on any atom is 0.263 e. The highest BCUT2D eigenvalue weighted by Gasteiger charge is 2.27. The van der Waals surface area contributed by atoms with Gasteiger partial charge in [0.2, 0.25) is 0 Å². The van der Waals surface area contributed by atoms with Crippen LogP contribution < -0.4 is 9.64 Å². The number of hydrogen-bond acceptors (Lipinski definition) is 5. The Balaban J connectivity index is 1.33. The zero-order valence-electron chi connectivity index (χ0n) is 16.1. The largest absolute Gasteiger partial charge is 0.478 e. The lowest BCUT2D eigenvalue weighted by Gasteiger charge is -2.36. The van der Waals surface area contributed by atoms with Gasteiger partial charge in [0.05, 0.1) is 0 Å². The number of para-hydroxylation sites is 1. The van der Waals surface area contributed by atoms with Crippen LogP contribution in [0.1, 0.15) is 6.92 Å². The van der Waals surface area contributed by atoms with Crippen LogP contribution in [0.3, 0.4) is 0 Å². The Hall–Kier alpha value is -3.42. The minimum atomic E-state index is -0.751. The van der Waals surface area contributed by atoms with Gasteiger partial charge in [0, 0.05) is 38.6 Å². The lowest BCUT2D eigenvalue weighted by molar-refractivity contribution is -0.138. The third-order valence-electron chi connectivity index (χ3n) is 4.91. The van der Waals surface area contributed by atoms with Gasteiger partial charge in [-0.05, 0) is 43.3 Å². The van der Waals surface area contributed by atoms with E-state index in [1.54, 1.807) is 24.0 Å². The van der Waals surface area contributed by atoms with Gasteiger partial charge in [0.15, 0.2) is 29.3 Å². The minimum absolute atomic E-state index is 0.0880. The first-order valence-electron chi connectivity index (χ1n) is 9.54. The molecule has 3 aromatic rings.